The first-order valence-corrected chi connectivity index (χ1v) is 7.91. The zero-order valence-corrected chi connectivity index (χ0v) is 14.7. The maximum Gasteiger partial charge on any atom is 0.414 e. The predicted molar refractivity (Wildman–Crippen MR) is 93.9 cm³/mol. The highest BCUT2D eigenvalue weighted by molar-refractivity contribution is 6.30. The fourth-order valence-corrected chi connectivity index (χ4v) is 1.81. The summed E-state index contributed by atoms with van der Waals surface area (Å²) in [6, 6.07) is 6.24. The summed E-state index contributed by atoms with van der Waals surface area (Å²) in [6.07, 6.45) is 3.76. The Labute approximate surface area is 147 Å². The van der Waals surface area contributed by atoms with Gasteiger partial charge in [0.25, 0.3) is 0 Å². The van der Waals surface area contributed by atoms with Crippen LogP contribution in [0.2, 0.25) is 5.02 Å². The summed E-state index contributed by atoms with van der Waals surface area (Å²) in [6.45, 7) is 9.60. The van der Waals surface area contributed by atoms with Gasteiger partial charge in [0.05, 0.1) is 0 Å². The number of ether oxygens (including phenoxy) is 1. The van der Waals surface area contributed by atoms with Crippen LogP contribution in [0.3, 0.4) is 0 Å². The highest BCUT2D eigenvalue weighted by atomic mass is 35.5. The monoisotopic (exact) mass is 357 g/mol. The Morgan fingerprint density at radius 2 is 2.00 bits per heavy atom. The number of rotatable bonds is 8. The van der Waals surface area contributed by atoms with Crippen molar-refractivity contribution in [3.8, 4) is 5.75 Å². The number of hydrogen-bond donors (Lipinski definition) is 3. The van der Waals surface area contributed by atoms with Crippen molar-refractivity contribution in [2.45, 2.75) is 32.7 Å². The number of aliphatic carboxylic acids is 2. The zero-order chi connectivity index (χ0) is 18.5. The van der Waals surface area contributed by atoms with Crippen molar-refractivity contribution in [2.75, 3.05) is 13.2 Å². The van der Waals surface area contributed by atoms with Crippen LogP contribution in [0.1, 0.15) is 25.8 Å². The molecule has 0 amide bonds. The summed E-state index contributed by atoms with van der Waals surface area (Å²) in [4.78, 5) is 18.2. The maximum absolute atomic E-state index is 9.10. The average molecular weight is 358 g/mol. The van der Waals surface area contributed by atoms with Crippen LogP contribution < -0.4 is 10.1 Å². The van der Waals surface area contributed by atoms with Crippen molar-refractivity contribution in [3.63, 3.8) is 0 Å². The van der Waals surface area contributed by atoms with Crippen LogP contribution in [0.15, 0.2) is 30.9 Å². The summed E-state index contributed by atoms with van der Waals surface area (Å²) >= 11 is 5.97. The van der Waals surface area contributed by atoms with Crippen molar-refractivity contribution >= 4 is 23.5 Å². The lowest BCUT2D eigenvalue weighted by Crippen LogP contribution is -2.29. The predicted octanol–water partition coefficient (Wildman–Crippen LogP) is 2.99. The standard InChI is InChI=1S/C15H22ClNO.C2H2O4/c1-4-6-13-11-14(16)7-8-15(13)18-10-9-17-12(3)5-2;3-1(4)2(5)6/h4,7-8,11-12,17H,1,5-6,9-10H2,2-3H3;(H,3,4)(H,5,6). The third-order valence-corrected chi connectivity index (χ3v) is 3.27. The molecule has 0 aromatic heterocycles. The van der Waals surface area contributed by atoms with E-state index < -0.39 is 11.9 Å². The highest BCUT2D eigenvalue weighted by Crippen LogP contribution is 2.23. The Morgan fingerprint density at radius 3 is 2.50 bits per heavy atom. The first kappa shape index (κ1) is 21.9. The Balaban J connectivity index is 0.000000754. The molecule has 0 aliphatic heterocycles. The highest BCUT2D eigenvalue weighted by Gasteiger charge is 2.04. The van der Waals surface area contributed by atoms with Crippen molar-refractivity contribution in [1.29, 1.82) is 0 Å². The van der Waals surface area contributed by atoms with E-state index in [9.17, 15) is 0 Å². The second kappa shape index (κ2) is 12.4. The Bertz CT molecular complexity index is 536. The van der Waals surface area contributed by atoms with E-state index in [4.69, 9.17) is 36.1 Å². The fraction of sp³-hybridized carbons (Fsp3) is 0.412. The summed E-state index contributed by atoms with van der Waals surface area (Å²) in [5, 5.41) is 18.9. The number of benzene rings is 1. The number of allylic oxidation sites excluding steroid dienone is 1. The minimum absolute atomic E-state index is 0.534. The minimum Gasteiger partial charge on any atom is -0.492 e. The van der Waals surface area contributed by atoms with Crippen molar-refractivity contribution in [3.05, 3.63) is 41.4 Å². The zero-order valence-electron chi connectivity index (χ0n) is 13.9. The Kier molecular flexibility index (Phi) is 11.3. The van der Waals surface area contributed by atoms with Crippen LogP contribution in [0, 0.1) is 0 Å². The van der Waals surface area contributed by atoms with Crippen LogP contribution in [0.4, 0.5) is 0 Å². The Morgan fingerprint density at radius 1 is 1.38 bits per heavy atom. The molecule has 1 atom stereocenters. The van der Waals surface area contributed by atoms with E-state index in [2.05, 4.69) is 25.7 Å². The van der Waals surface area contributed by atoms with E-state index in [1.807, 2.05) is 24.3 Å². The molecule has 0 saturated carbocycles. The molecule has 1 rings (SSSR count). The molecule has 0 aliphatic rings. The molecule has 0 spiro atoms. The summed E-state index contributed by atoms with van der Waals surface area (Å²) < 4.78 is 5.77. The third-order valence-electron chi connectivity index (χ3n) is 3.03. The first-order chi connectivity index (χ1) is 11.3. The summed E-state index contributed by atoms with van der Waals surface area (Å²) in [5.41, 5.74) is 1.08. The average Bonchev–Trinajstić information content (AvgIpc) is 2.53. The summed E-state index contributed by atoms with van der Waals surface area (Å²) in [7, 11) is 0. The lowest BCUT2D eigenvalue weighted by Gasteiger charge is -2.14. The van der Waals surface area contributed by atoms with Crippen molar-refractivity contribution in [1.82, 2.24) is 5.32 Å². The quantitative estimate of drug-likeness (QED) is 0.376. The molecule has 0 fully saturated rings. The molecule has 24 heavy (non-hydrogen) atoms. The number of carboxylic acid groups (broad SMARTS) is 2. The van der Waals surface area contributed by atoms with E-state index in [1.54, 1.807) is 0 Å². The van der Waals surface area contributed by atoms with E-state index in [0.717, 1.165) is 35.7 Å². The molecule has 0 radical (unpaired) electrons. The number of nitrogens with one attached hydrogen (secondary N) is 1. The van der Waals surface area contributed by atoms with Crippen LogP contribution in [-0.4, -0.2) is 41.3 Å². The Hall–Kier alpha value is -2.05. The molecular weight excluding hydrogens is 334 g/mol. The van der Waals surface area contributed by atoms with Crippen LogP contribution >= 0.6 is 11.6 Å². The largest absolute Gasteiger partial charge is 0.492 e. The van der Waals surface area contributed by atoms with Crippen LogP contribution in [0.25, 0.3) is 0 Å². The van der Waals surface area contributed by atoms with Gasteiger partial charge in [0.2, 0.25) is 0 Å². The van der Waals surface area contributed by atoms with Crippen molar-refractivity contribution < 1.29 is 24.5 Å². The third kappa shape index (κ3) is 9.86. The van der Waals surface area contributed by atoms with Crippen molar-refractivity contribution in [2.24, 2.45) is 0 Å². The van der Waals surface area contributed by atoms with Gasteiger partial charge in [0.1, 0.15) is 12.4 Å². The second-order valence-corrected chi connectivity index (χ2v) is 5.40. The van der Waals surface area contributed by atoms with Crippen LogP contribution in [0.5, 0.6) is 5.75 Å². The second-order valence-electron chi connectivity index (χ2n) is 4.97. The van der Waals surface area contributed by atoms with E-state index in [1.165, 1.54) is 0 Å². The molecule has 1 aromatic carbocycles. The minimum atomic E-state index is -1.82. The molecule has 1 unspecified atom stereocenters. The van der Waals surface area contributed by atoms with Gasteiger partial charge in [0.15, 0.2) is 0 Å². The molecule has 6 nitrogen and oxygen atoms in total. The van der Waals surface area contributed by atoms with Gasteiger partial charge >= 0.3 is 11.9 Å². The fourth-order valence-electron chi connectivity index (χ4n) is 1.61. The first-order valence-electron chi connectivity index (χ1n) is 7.53. The van der Waals surface area contributed by atoms with Gasteiger partial charge in [-0.15, -0.1) is 6.58 Å². The number of carbonyl (C=O) groups is 2. The van der Waals surface area contributed by atoms with Gasteiger partial charge in [-0.3, -0.25) is 0 Å². The SMILES string of the molecule is C=CCc1cc(Cl)ccc1OCCNC(C)CC.O=C(O)C(=O)O. The molecule has 3 N–H and O–H groups in total. The molecular formula is C17H24ClNO5. The van der Waals surface area contributed by atoms with Gasteiger partial charge < -0.3 is 20.3 Å². The molecule has 0 heterocycles. The van der Waals surface area contributed by atoms with E-state index in [0.29, 0.717) is 12.6 Å². The molecule has 134 valence electrons. The molecule has 1 aromatic rings. The number of hydrogen-bond acceptors (Lipinski definition) is 4. The number of carboxylic acids is 2. The molecule has 0 aliphatic carbocycles. The molecule has 0 bridgehead atoms. The lowest BCUT2D eigenvalue weighted by molar-refractivity contribution is -0.159. The maximum atomic E-state index is 9.10. The van der Waals surface area contributed by atoms with Crippen LogP contribution in [-0.2, 0) is 16.0 Å². The summed E-state index contributed by atoms with van der Waals surface area (Å²) in [5.74, 6) is -2.75. The van der Waals surface area contributed by atoms with Gasteiger partial charge in [-0.05, 0) is 43.5 Å². The van der Waals surface area contributed by atoms with Gasteiger partial charge in [-0.1, -0.05) is 24.6 Å². The van der Waals surface area contributed by atoms with Gasteiger partial charge in [0, 0.05) is 17.6 Å². The lowest BCUT2D eigenvalue weighted by atomic mass is 10.1. The topological polar surface area (TPSA) is 95.9 Å². The molecule has 0 saturated heterocycles. The van der Waals surface area contributed by atoms with Gasteiger partial charge in [-0.25, -0.2) is 9.59 Å². The smallest absolute Gasteiger partial charge is 0.414 e. The van der Waals surface area contributed by atoms with E-state index >= 15 is 0 Å². The number of halogens is 1. The molecule has 7 heteroatoms. The normalized spacial score (nSPS) is 11.0. The van der Waals surface area contributed by atoms with Gasteiger partial charge in [-0.2, -0.15) is 0 Å². The van der Waals surface area contributed by atoms with E-state index in [-0.39, 0.29) is 0 Å².